The molecule has 0 aliphatic carbocycles. The van der Waals surface area contributed by atoms with Crippen molar-refractivity contribution >= 4 is 68.6 Å². The zero-order valence-electron chi connectivity index (χ0n) is 10.4. The van der Waals surface area contributed by atoms with Crippen molar-refractivity contribution in [3.8, 4) is 0 Å². The van der Waals surface area contributed by atoms with Crippen LogP contribution in [0.5, 0.6) is 0 Å². The molecule has 0 bridgehead atoms. The van der Waals surface area contributed by atoms with Gasteiger partial charge in [0.05, 0.1) is 0 Å². The molecule has 0 fully saturated rings. The van der Waals surface area contributed by atoms with Crippen molar-refractivity contribution in [2.75, 3.05) is 0 Å². The molecule has 0 aliphatic heterocycles. The zero-order chi connectivity index (χ0) is 12.8. The van der Waals surface area contributed by atoms with E-state index in [0.717, 1.165) is 11.1 Å². The molecule has 0 saturated carbocycles. The van der Waals surface area contributed by atoms with Gasteiger partial charge < -0.3 is 22.1 Å². The largest absolute Gasteiger partial charge is 0.376 e. The van der Waals surface area contributed by atoms with E-state index >= 15 is 0 Å². The summed E-state index contributed by atoms with van der Waals surface area (Å²) < 4.78 is 0. The smallest absolute Gasteiger partial charge is 0.163 e. The van der Waals surface area contributed by atoms with Crippen molar-refractivity contribution < 1.29 is 0 Å². The molecule has 0 amide bonds. The Morgan fingerprint density at radius 2 is 1.37 bits per heavy atom. The van der Waals surface area contributed by atoms with Gasteiger partial charge in [-0.3, -0.25) is 0 Å². The third kappa shape index (κ3) is 7.66. The molecule has 0 spiro atoms. The highest BCUT2D eigenvalue weighted by Gasteiger charge is 2.04. The molecule has 0 aliphatic rings. The number of rotatable bonds is 4. The van der Waals surface area contributed by atoms with Gasteiger partial charge in [0.15, 0.2) is 10.2 Å². The summed E-state index contributed by atoms with van der Waals surface area (Å²) in [5, 5.41) is 6.47. The van der Waals surface area contributed by atoms with E-state index in [1.807, 2.05) is 25.1 Å². The molecule has 8 heteroatoms. The number of nitrogens with two attached hydrogens (primary N) is 2. The molecular formula is C11H18Br2N4S2. The summed E-state index contributed by atoms with van der Waals surface area (Å²) in [6.45, 7) is 3.30. The van der Waals surface area contributed by atoms with Gasteiger partial charge in [-0.1, -0.05) is 18.2 Å². The highest BCUT2D eigenvalue weighted by Crippen LogP contribution is 2.13. The molecule has 4 nitrogen and oxygen atoms in total. The van der Waals surface area contributed by atoms with Crippen LogP contribution in [0.15, 0.2) is 18.2 Å². The zero-order valence-corrected chi connectivity index (χ0v) is 15.5. The SMILES string of the molecule is Br.Br.Cc1c(CNC(N)=S)cccc1CNC(N)=S. The van der Waals surface area contributed by atoms with E-state index in [4.69, 9.17) is 35.9 Å². The highest BCUT2D eigenvalue weighted by molar-refractivity contribution is 8.93. The third-order valence-electron chi connectivity index (χ3n) is 2.46. The van der Waals surface area contributed by atoms with Crippen molar-refractivity contribution in [3.05, 3.63) is 34.9 Å². The predicted molar refractivity (Wildman–Crippen MR) is 99.1 cm³/mol. The standard InChI is InChI=1S/C11H16N4S2.2BrH/c1-7-8(5-14-10(12)16)3-2-4-9(7)6-15-11(13)17;;/h2-4H,5-6H2,1H3,(H3,12,14,16)(H3,13,15,17);2*1H. The van der Waals surface area contributed by atoms with Gasteiger partial charge in [-0.2, -0.15) is 0 Å². The number of hydrogen-bond donors (Lipinski definition) is 4. The first-order chi connectivity index (χ1) is 8.00. The monoisotopic (exact) mass is 428 g/mol. The Hall–Kier alpha value is -0.440. The first-order valence-corrected chi connectivity index (χ1v) is 5.96. The average molecular weight is 430 g/mol. The Morgan fingerprint density at radius 1 is 1.00 bits per heavy atom. The van der Waals surface area contributed by atoms with Crippen LogP contribution in [0.25, 0.3) is 0 Å². The first-order valence-electron chi connectivity index (χ1n) is 5.14. The van der Waals surface area contributed by atoms with Crippen molar-refractivity contribution in [3.63, 3.8) is 0 Å². The van der Waals surface area contributed by atoms with Crippen LogP contribution in [-0.4, -0.2) is 10.2 Å². The molecule has 0 heterocycles. The maximum atomic E-state index is 5.40. The van der Waals surface area contributed by atoms with Crippen molar-refractivity contribution in [2.45, 2.75) is 20.0 Å². The summed E-state index contributed by atoms with van der Waals surface area (Å²) in [6.07, 6.45) is 0. The van der Waals surface area contributed by atoms with Crippen LogP contribution in [0.1, 0.15) is 16.7 Å². The number of nitrogens with one attached hydrogen (secondary N) is 2. The minimum Gasteiger partial charge on any atom is -0.376 e. The fourth-order valence-corrected chi connectivity index (χ4v) is 1.63. The molecule has 0 saturated heterocycles. The highest BCUT2D eigenvalue weighted by atomic mass is 79.9. The molecule has 6 N–H and O–H groups in total. The van der Waals surface area contributed by atoms with Gasteiger partial charge in [-0.15, -0.1) is 34.0 Å². The van der Waals surface area contributed by atoms with Gasteiger partial charge >= 0.3 is 0 Å². The van der Waals surface area contributed by atoms with Gasteiger partial charge in [-0.25, -0.2) is 0 Å². The summed E-state index contributed by atoms with van der Waals surface area (Å²) in [6, 6.07) is 6.05. The Labute approximate surface area is 145 Å². The van der Waals surface area contributed by atoms with E-state index in [2.05, 4.69) is 10.6 Å². The third-order valence-corrected chi connectivity index (χ3v) is 2.75. The predicted octanol–water partition coefficient (Wildman–Crippen LogP) is 1.82. The van der Waals surface area contributed by atoms with Crippen LogP contribution < -0.4 is 22.1 Å². The van der Waals surface area contributed by atoms with Gasteiger partial charge in [0.1, 0.15) is 0 Å². The minimum atomic E-state index is 0. The fraction of sp³-hybridized carbons (Fsp3) is 0.273. The maximum absolute atomic E-state index is 5.40. The summed E-state index contributed by atoms with van der Waals surface area (Å²) in [7, 11) is 0. The Kier molecular flexibility index (Phi) is 11.4. The normalized spacial score (nSPS) is 8.68. The average Bonchev–Trinajstić information content (AvgIpc) is 2.25. The second kappa shape index (κ2) is 10.4. The summed E-state index contributed by atoms with van der Waals surface area (Å²) in [5.74, 6) is 0. The number of hydrogen-bond acceptors (Lipinski definition) is 2. The van der Waals surface area contributed by atoms with E-state index in [1.165, 1.54) is 5.56 Å². The van der Waals surface area contributed by atoms with Gasteiger partial charge in [0, 0.05) is 13.1 Å². The molecule has 0 unspecified atom stereocenters. The Balaban J connectivity index is 0. The van der Waals surface area contributed by atoms with E-state index in [0.29, 0.717) is 23.3 Å². The van der Waals surface area contributed by atoms with Crippen molar-refractivity contribution in [2.24, 2.45) is 11.5 Å². The molecule has 0 atom stereocenters. The fourth-order valence-electron chi connectivity index (χ4n) is 1.48. The lowest BCUT2D eigenvalue weighted by Crippen LogP contribution is -2.30. The van der Waals surface area contributed by atoms with Crippen LogP contribution in [0, 0.1) is 6.92 Å². The topological polar surface area (TPSA) is 76.1 Å². The molecule has 1 aromatic carbocycles. The number of thiocarbonyl (C=S) groups is 2. The molecule has 19 heavy (non-hydrogen) atoms. The quantitative estimate of drug-likeness (QED) is 0.547. The molecular weight excluding hydrogens is 412 g/mol. The van der Waals surface area contributed by atoms with Crippen LogP contribution in [0.3, 0.4) is 0 Å². The number of halogens is 2. The van der Waals surface area contributed by atoms with Crippen LogP contribution in [0.4, 0.5) is 0 Å². The van der Waals surface area contributed by atoms with E-state index in [9.17, 15) is 0 Å². The van der Waals surface area contributed by atoms with E-state index in [1.54, 1.807) is 0 Å². The Morgan fingerprint density at radius 3 is 1.68 bits per heavy atom. The summed E-state index contributed by atoms with van der Waals surface area (Å²) >= 11 is 9.55. The van der Waals surface area contributed by atoms with Crippen molar-refractivity contribution in [1.29, 1.82) is 0 Å². The Bertz CT molecular complexity index is 404. The molecule has 1 aromatic rings. The maximum Gasteiger partial charge on any atom is 0.163 e. The molecule has 1 rings (SSSR count). The van der Waals surface area contributed by atoms with E-state index < -0.39 is 0 Å². The molecule has 0 radical (unpaired) electrons. The van der Waals surface area contributed by atoms with Gasteiger partial charge in [0.25, 0.3) is 0 Å². The van der Waals surface area contributed by atoms with Crippen LogP contribution in [0.2, 0.25) is 0 Å². The molecule has 108 valence electrons. The summed E-state index contributed by atoms with van der Waals surface area (Å²) in [5.41, 5.74) is 14.3. The van der Waals surface area contributed by atoms with Crippen LogP contribution in [-0.2, 0) is 13.1 Å². The second-order valence-corrected chi connectivity index (χ2v) is 4.52. The lowest BCUT2D eigenvalue weighted by molar-refractivity contribution is 0.874. The lowest BCUT2D eigenvalue weighted by Gasteiger charge is -2.12. The van der Waals surface area contributed by atoms with Gasteiger partial charge in [0.2, 0.25) is 0 Å². The van der Waals surface area contributed by atoms with Gasteiger partial charge in [-0.05, 0) is 48.0 Å². The number of benzene rings is 1. The summed E-state index contributed by atoms with van der Waals surface area (Å²) in [4.78, 5) is 0. The van der Waals surface area contributed by atoms with Crippen molar-refractivity contribution in [1.82, 2.24) is 10.6 Å². The van der Waals surface area contributed by atoms with Crippen LogP contribution >= 0.6 is 58.4 Å². The molecule has 0 aromatic heterocycles. The first kappa shape index (κ1) is 20.9. The second-order valence-electron chi connectivity index (χ2n) is 3.64. The van der Waals surface area contributed by atoms with E-state index in [-0.39, 0.29) is 34.0 Å². The minimum absolute atomic E-state index is 0. The lowest BCUT2D eigenvalue weighted by atomic mass is 10.0.